The van der Waals surface area contributed by atoms with E-state index >= 15 is 0 Å². The number of nitrogens with one attached hydrogen (secondary N) is 1. The summed E-state index contributed by atoms with van der Waals surface area (Å²) >= 11 is 0. The van der Waals surface area contributed by atoms with Crippen molar-refractivity contribution < 1.29 is 19.4 Å². The molecule has 0 bridgehead atoms. The second-order valence-corrected chi connectivity index (χ2v) is 4.72. The zero-order chi connectivity index (χ0) is 14.3. The van der Waals surface area contributed by atoms with Crippen LogP contribution in [0, 0.1) is 5.92 Å². The van der Waals surface area contributed by atoms with E-state index in [1.807, 2.05) is 0 Å². The summed E-state index contributed by atoms with van der Waals surface area (Å²) in [5, 5.41) is 11.8. The molecule has 1 aliphatic carbocycles. The zero-order valence-electron chi connectivity index (χ0n) is 11.3. The van der Waals surface area contributed by atoms with Gasteiger partial charge < -0.3 is 20.1 Å². The third-order valence-corrected chi connectivity index (χ3v) is 3.31. The summed E-state index contributed by atoms with van der Waals surface area (Å²) in [6, 6.07) is -0.239. The van der Waals surface area contributed by atoms with Crippen LogP contribution < -0.4 is 5.32 Å². The van der Waals surface area contributed by atoms with Gasteiger partial charge in [0.2, 0.25) is 0 Å². The number of nitrogens with zero attached hydrogens (tertiary/aromatic N) is 1. The molecule has 0 radical (unpaired) electrons. The topological polar surface area (TPSA) is 78.9 Å². The highest BCUT2D eigenvalue weighted by Gasteiger charge is 2.31. The average molecular weight is 270 g/mol. The lowest BCUT2D eigenvalue weighted by molar-refractivity contribution is -0.141. The number of carbonyl (C=O) groups excluding carboxylic acids is 1. The number of carboxylic acids is 1. The van der Waals surface area contributed by atoms with Gasteiger partial charge >= 0.3 is 12.0 Å². The SMILES string of the molecule is C=CCN(CCOC)C(=O)NC1CCC(C(=O)O)C1. The number of amides is 2. The van der Waals surface area contributed by atoms with Gasteiger partial charge in [-0.05, 0) is 19.3 Å². The molecule has 0 aromatic rings. The predicted octanol–water partition coefficient (Wildman–Crippen LogP) is 1.08. The third kappa shape index (κ3) is 4.90. The molecule has 2 amide bonds. The van der Waals surface area contributed by atoms with Gasteiger partial charge in [0.15, 0.2) is 0 Å². The first-order valence-electron chi connectivity index (χ1n) is 6.46. The molecule has 1 saturated carbocycles. The first-order chi connectivity index (χ1) is 9.08. The zero-order valence-corrected chi connectivity index (χ0v) is 11.3. The largest absolute Gasteiger partial charge is 0.481 e. The van der Waals surface area contributed by atoms with Crippen molar-refractivity contribution in [2.24, 2.45) is 5.92 Å². The molecule has 6 heteroatoms. The molecule has 0 heterocycles. The second-order valence-electron chi connectivity index (χ2n) is 4.72. The maximum absolute atomic E-state index is 12.0. The molecule has 2 N–H and O–H groups in total. The Morgan fingerprint density at radius 1 is 1.53 bits per heavy atom. The molecule has 1 rings (SSSR count). The molecular formula is C13H22N2O4. The normalized spacial score (nSPS) is 21.9. The summed E-state index contributed by atoms with van der Waals surface area (Å²) in [5.41, 5.74) is 0. The van der Waals surface area contributed by atoms with Crippen molar-refractivity contribution in [3.8, 4) is 0 Å². The number of rotatable bonds is 7. The molecule has 108 valence electrons. The molecule has 2 unspecified atom stereocenters. The molecule has 19 heavy (non-hydrogen) atoms. The van der Waals surface area contributed by atoms with Gasteiger partial charge in [0.1, 0.15) is 0 Å². The maximum atomic E-state index is 12.0. The van der Waals surface area contributed by atoms with Crippen LogP contribution in [0.2, 0.25) is 0 Å². The highest BCUT2D eigenvalue weighted by atomic mass is 16.5. The number of carbonyl (C=O) groups is 2. The van der Waals surface area contributed by atoms with Gasteiger partial charge in [0.25, 0.3) is 0 Å². The van der Waals surface area contributed by atoms with Crippen molar-refractivity contribution in [3.63, 3.8) is 0 Å². The molecule has 0 aliphatic heterocycles. The molecule has 1 aliphatic rings. The standard InChI is InChI=1S/C13H22N2O4/c1-3-6-15(7-8-19-2)13(18)14-11-5-4-10(9-11)12(16)17/h3,10-11H,1,4-9H2,2H3,(H,14,18)(H,16,17). The Labute approximate surface area is 113 Å². The van der Waals surface area contributed by atoms with Crippen molar-refractivity contribution >= 4 is 12.0 Å². The monoisotopic (exact) mass is 270 g/mol. The van der Waals surface area contributed by atoms with Crippen molar-refractivity contribution in [2.45, 2.75) is 25.3 Å². The number of ether oxygens (including phenoxy) is 1. The van der Waals surface area contributed by atoms with Gasteiger partial charge in [0, 0.05) is 26.2 Å². The Balaban J connectivity index is 2.43. The number of hydrogen-bond acceptors (Lipinski definition) is 3. The van der Waals surface area contributed by atoms with Crippen LogP contribution >= 0.6 is 0 Å². The van der Waals surface area contributed by atoms with Crippen molar-refractivity contribution in [2.75, 3.05) is 26.8 Å². The van der Waals surface area contributed by atoms with Gasteiger partial charge in [-0.25, -0.2) is 4.79 Å². The number of hydrogen-bond donors (Lipinski definition) is 2. The van der Waals surface area contributed by atoms with E-state index in [9.17, 15) is 9.59 Å². The van der Waals surface area contributed by atoms with E-state index in [4.69, 9.17) is 9.84 Å². The molecule has 2 atom stereocenters. The lowest BCUT2D eigenvalue weighted by Crippen LogP contribution is -2.45. The van der Waals surface area contributed by atoms with E-state index in [0.29, 0.717) is 32.5 Å². The Morgan fingerprint density at radius 2 is 2.26 bits per heavy atom. The summed E-state index contributed by atoms with van der Waals surface area (Å²) in [6.45, 7) is 5.02. The van der Waals surface area contributed by atoms with Gasteiger partial charge in [-0.3, -0.25) is 4.79 Å². The van der Waals surface area contributed by atoms with Crippen LogP contribution in [-0.2, 0) is 9.53 Å². The first kappa shape index (κ1) is 15.5. The van der Waals surface area contributed by atoms with Crippen LogP contribution in [0.25, 0.3) is 0 Å². The van der Waals surface area contributed by atoms with Crippen LogP contribution in [-0.4, -0.2) is 54.9 Å². The minimum Gasteiger partial charge on any atom is -0.481 e. The van der Waals surface area contributed by atoms with Crippen LogP contribution in [0.5, 0.6) is 0 Å². The number of carboxylic acid groups (broad SMARTS) is 1. The molecule has 0 saturated heterocycles. The Morgan fingerprint density at radius 3 is 2.79 bits per heavy atom. The predicted molar refractivity (Wildman–Crippen MR) is 70.9 cm³/mol. The van der Waals surface area contributed by atoms with E-state index in [-0.39, 0.29) is 18.0 Å². The van der Waals surface area contributed by atoms with Crippen molar-refractivity contribution in [1.82, 2.24) is 10.2 Å². The van der Waals surface area contributed by atoms with E-state index in [1.54, 1.807) is 18.1 Å². The second kappa shape index (κ2) is 7.78. The van der Waals surface area contributed by atoms with Crippen LogP contribution in [0.15, 0.2) is 12.7 Å². The number of methoxy groups -OCH3 is 1. The first-order valence-corrected chi connectivity index (χ1v) is 6.46. The fraction of sp³-hybridized carbons (Fsp3) is 0.692. The average Bonchev–Trinajstić information content (AvgIpc) is 2.83. The Kier molecular flexibility index (Phi) is 6.35. The maximum Gasteiger partial charge on any atom is 0.317 e. The molecule has 1 fully saturated rings. The quantitative estimate of drug-likeness (QED) is 0.679. The fourth-order valence-electron chi connectivity index (χ4n) is 2.24. The van der Waals surface area contributed by atoms with Gasteiger partial charge in [-0.2, -0.15) is 0 Å². The van der Waals surface area contributed by atoms with Gasteiger partial charge in [-0.15, -0.1) is 6.58 Å². The Hall–Kier alpha value is -1.56. The highest BCUT2D eigenvalue weighted by molar-refractivity contribution is 5.75. The molecule has 6 nitrogen and oxygen atoms in total. The highest BCUT2D eigenvalue weighted by Crippen LogP contribution is 2.25. The summed E-state index contributed by atoms with van der Waals surface area (Å²) in [4.78, 5) is 24.5. The molecular weight excluding hydrogens is 248 g/mol. The van der Waals surface area contributed by atoms with Crippen LogP contribution in [0.4, 0.5) is 4.79 Å². The van der Waals surface area contributed by atoms with Crippen LogP contribution in [0.1, 0.15) is 19.3 Å². The summed E-state index contributed by atoms with van der Waals surface area (Å²) in [7, 11) is 1.58. The van der Waals surface area contributed by atoms with E-state index in [0.717, 1.165) is 6.42 Å². The lowest BCUT2D eigenvalue weighted by atomic mass is 10.1. The smallest absolute Gasteiger partial charge is 0.317 e. The summed E-state index contributed by atoms with van der Waals surface area (Å²) in [5.74, 6) is -1.11. The van der Waals surface area contributed by atoms with Crippen LogP contribution in [0.3, 0.4) is 0 Å². The van der Waals surface area contributed by atoms with E-state index < -0.39 is 5.97 Å². The van der Waals surface area contributed by atoms with Gasteiger partial charge in [-0.1, -0.05) is 6.08 Å². The van der Waals surface area contributed by atoms with E-state index in [1.165, 1.54) is 0 Å². The molecule has 0 spiro atoms. The number of urea groups is 1. The Bertz CT molecular complexity index is 333. The summed E-state index contributed by atoms with van der Waals surface area (Å²) in [6.07, 6.45) is 3.51. The molecule has 0 aromatic carbocycles. The third-order valence-electron chi connectivity index (χ3n) is 3.31. The lowest BCUT2D eigenvalue weighted by Gasteiger charge is -2.23. The van der Waals surface area contributed by atoms with Crippen molar-refractivity contribution in [1.29, 1.82) is 0 Å². The fourth-order valence-corrected chi connectivity index (χ4v) is 2.24. The summed E-state index contributed by atoms with van der Waals surface area (Å²) < 4.78 is 4.95. The number of aliphatic carboxylic acids is 1. The van der Waals surface area contributed by atoms with Crippen molar-refractivity contribution in [3.05, 3.63) is 12.7 Å². The minimum atomic E-state index is -0.779. The van der Waals surface area contributed by atoms with Gasteiger partial charge in [0.05, 0.1) is 12.5 Å². The molecule has 0 aromatic heterocycles. The minimum absolute atomic E-state index is 0.0524. The van der Waals surface area contributed by atoms with E-state index in [2.05, 4.69) is 11.9 Å².